The molecule has 0 spiro atoms. The Morgan fingerprint density at radius 1 is 0.643 bits per heavy atom. The Morgan fingerprint density at radius 2 is 1.07 bits per heavy atom. The monoisotopic (exact) mass is 394 g/mol. The van der Waals surface area contributed by atoms with Gasteiger partial charge >= 0.3 is 0 Å². The van der Waals surface area contributed by atoms with Crippen molar-refractivity contribution in [3.8, 4) is 0 Å². The molecular weight excluding hydrogens is 360 g/mol. The zero-order valence-corrected chi connectivity index (χ0v) is 16.9. The Balaban J connectivity index is 1.66. The molecule has 2 aliphatic heterocycles. The maximum atomic E-state index is 12.1. The summed E-state index contributed by atoms with van der Waals surface area (Å²) >= 11 is 0. The highest BCUT2D eigenvalue weighted by Crippen LogP contribution is 2.15. The fourth-order valence-corrected chi connectivity index (χ4v) is 3.84. The fourth-order valence-electron chi connectivity index (χ4n) is 3.84. The van der Waals surface area contributed by atoms with Gasteiger partial charge in [-0.05, 0) is 38.5 Å². The molecule has 4 amide bonds. The number of hydrazine groups is 2. The first-order valence-corrected chi connectivity index (χ1v) is 10.7. The number of hydrogen-bond donors (Lipinski definition) is 0. The smallest absolute Gasteiger partial charge is 0.241 e. The maximum Gasteiger partial charge on any atom is 0.241 e. The van der Waals surface area contributed by atoms with Crippen molar-refractivity contribution in [2.75, 3.05) is 26.2 Å². The molecule has 2 fully saturated rings. The van der Waals surface area contributed by atoms with E-state index in [0.29, 0.717) is 39.0 Å². The molecule has 0 radical (unpaired) electrons. The number of carbonyl (C=O) groups is 4. The molecule has 0 unspecified atom stereocenters. The molecule has 2 rings (SSSR count). The van der Waals surface area contributed by atoms with E-state index in [0.717, 1.165) is 77.0 Å². The van der Waals surface area contributed by atoms with E-state index in [2.05, 4.69) is 0 Å². The molecule has 8 heteroatoms. The topological polar surface area (TPSA) is 81.2 Å². The Kier molecular flexibility index (Phi) is 9.79. The van der Waals surface area contributed by atoms with Gasteiger partial charge in [0.05, 0.1) is 0 Å². The molecule has 2 saturated heterocycles. The molecule has 0 aliphatic carbocycles. The van der Waals surface area contributed by atoms with Gasteiger partial charge in [0.2, 0.25) is 24.6 Å². The first-order valence-electron chi connectivity index (χ1n) is 10.7. The van der Waals surface area contributed by atoms with Crippen molar-refractivity contribution in [2.45, 2.75) is 77.0 Å². The number of unbranched alkanes of at least 4 members (excludes halogenated alkanes) is 3. The van der Waals surface area contributed by atoms with Crippen LogP contribution in [0.15, 0.2) is 0 Å². The predicted molar refractivity (Wildman–Crippen MR) is 104 cm³/mol. The first kappa shape index (κ1) is 22.2. The van der Waals surface area contributed by atoms with Gasteiger partial charge in [0.25, 0.3) is 0 Å². The summed E-state index contributed by atoms with van der Waals surface area (Å²) in [5.41, 5.74) is 0. The highest BCUT2D eigenvalue weighted by Gasteiger charge is 2.23. The van der Waals surface area contributed by atoms with E-state index in [-0.39, 0.29) is 11.8 Å². The average molecular weight is 395 g/mol. The van der Waals surface area contributed by atoms with Crippen LogP contribution in [0.25, 0.3) is 0 Å². The van der Waals surface area contributed by atoms with Crippen molar-refractivity contribution >= 4 is 24.6 Å². The van der Waals surface area contributed by atoms with Gasteiger partial charge in [-0.15, -0.1) is 0 Å². The van der Waals surface area contributed by atoms with Crippen LogP contribution in [0.2, 0.25) is 0 Å². The van der Waals surface area contributed by atoms with Gasteiger partial charge in [0.1, 0.15) is 0 Å². The van der Waals surface area contributed by atoms with E-state index in [1.54, 1.807) is 10.0 Å². The highest BCUT2D eigenvalue weighted by atomic mass is 16.2. The minimum atomic E-state index is 0.0355. The van der Waals surface area contributed by atoms with E-state index < -0.39 is 0 Å². The lowest BCUT2D eigenvalue weighted by molar-refractivity contribution is -0.156. The molecule has 0 atom stereocenters. The quantitative estimate of drug-likeness (QED) is 0.397. The van der Waals surface area contributed by atoms with Gasteiger partial charge in [0, 0.05) is 39.0 Å². The van der Waals surface area contributed by atoms with Crippen LogP contribution in [-0.4, -0.2) is 70.8 Å². The van der Waals surface area contributed by atoms with E-state index in [1.807, 2.05) is 0 Å². The second-order valence-corrected chi connectivity index (χ2v) is 7.61. The Labute approximate surface area is 167 Å². The second kappa shape index (κ2) is 12.4. The molecule has 0 bridgehead atoms. The number of hydrogen-bond acceptors (Lipinski definition) is 4. The summed E-state index contributed by atoms with van der Waals surface area (Å²) in [7, 11) is 0. The number of rotatable bonds is 11. The Bertz CT molecular complexity index is 482. The SMILES string of the molecule is O=CN(CCCCCCN(C=O)N1CCCCCC1=O)N1CCCCCC1=O. The van der Waals surface area contributed by atoms with E-state index >= 15 is 0 Å². The van der Waals surface area contributed by atoms with Crippen LogP contribution in [0, 0.1) is 0 Å². The Morgan fingerprint density at radius 3 is 1.46 bits per heavy atom. The molecule has 0 aromatic carbocycles. The van der Waals surface area contributed by atoms with Crippen molar-refractivity contribution in [3.63, 3.8) is 0 Å². The molecule has 2 aliphatic rings. The lowest BCUT2D eigenvalue weighted by Gasteiger charge is -2.31. The van der Waals surface area contributed by atoms with Crippen LogP contribution in [0.3, 0.4) is 0 Å². The highest BCUT2D eigenvalue weighted by molar-refractivity contribution is 5.77. The van der Waals surface area contributed by atoms with Crippen molar-refractivity contribution in [2.24, 2.45) is 0 Å². The second-order valence-electron chi connectivity index (χ2n) is 7.61. The van der Waals surface area contributed by atoms with Crippen molar-refractivity contribution < 1.29 is 19.2 Å². The largest absolute Gasteiger partial charge is 0.277 e. The van der Waals surface area contributed by atoms with Gasteiger partial charge in [-0.3, -0.25) is 39.2 Å². The number of nitrogens with zero attached hydrogens (tertiary/aromatic N) is 4. The van der Waals surface area contributed by atoms with Crippen molar-refractivity contribution in [1.29, 1.82) is 0 Å². The van der Waals surface area contributed by atoms with Crippen molar-refractivity contribution in [3.05, 3.63) is 0 Å². The molecule has 0 saturated carbocycles. The third-order valence-corrected chi connectivity index (χ3v) is 5.48. The van der Waals surface area contributed by atoms with Gasteiger partial charge in [0.15, 0.2) is 0 Å². The Hall–Kier alpha value is -2.12. The maximum absolute atomic E-state index is 12.1. The lowest BCUT2D eigenvalue weighted by Crippen LogP contribution is -2.46. The van der Waals surface area contributed by atoms with Gasteiger partial charge in [-0.1, -0.05) is 25.7 Å². The molecule has 158 valence electrons. The minimum Gasteiger partial charge on any atom is -0.277 e. The standard InChI is InChI=1S/C20H34N4O4/c25-17-21(23-15-9-3-5-11-19(23)27)13-7-1-2-8-14-22(18-26)24-16-10-4-6-12-20(24)28/h17-18H,1-16H2. The van der Waals surface area contributed by atoms with E-state index in [4.69, 9.17) is 0 Å². The first-order chi connectivity index (χ1) is 13.7. The predicted octanol–water partition coefficient (Wildman–Crippen LogP) is 2.10. The zero-order chi connectivity index (χ0) is 20.2. The minimum absolute atomic E-state index is 0.0355. The molecule has 0 aromatic rings. The summed E-state index contributed by atoms with van der Waals surface area (Å²) in [5.74, 6) is 0.0710. The van der Waals surface area contributed by atoms with Crippen LogP contribution in [-0.2, 0) is 19.2 Å². The van der Waals surface area contributed by atoms with E-state index in [9.17, 15) is 19.2 Å². The number of carbonyl (C=O) groups excluding carboxylic acids is 4. The molecule has 28 heavy (non-hydrogen) atoms. The molecule has 8 nitrogen and oxygen atoms in total. The molecular formula is C20H34N4O4. The fraction of sp³-hybridized carbons (Fsp3) is 0.800. The van der Waals surface area contributed by atoms with Gasteiger partial charge in [-0.25, -0.2) is 0 Å². The van der Waals surface area contributed by atoms with E-state index in [1.165, 1.54) is 10.0 Å². The summed E-state index contributed by atoms with van der Waals surface area (Å²) in [4.78, 5) is 47.0. The van der Waals surface area contributed by atoms with Crippen LogP contribution < -0.4 is 0 Å². The van der Waals surface area contributed by atoms with Crippen molar-refractivity contribution in [1.82, 2.24) is 20.0 Å². The van der Waals surface area contributed by atoms with Crippen LogP contribution >= 0.6 is 0 Å². The molecule has 0 N–H and O–H groups in total. The summed E-state index contributed by atoms with van der Waals surface area (Å²) in [5, 5.41) is 6.22. The summed E-state index contributed by atoms with van der Waals surface area (Å²) in [6.45, 7) is 2.32. The summed E-state index contributed by atoms with van der Waals surface area (Å²) in [6.07, 6.45) is 11.7. The van der Waals surface area contributed by atoms with Crippen LogP contribution in [0.4, 0.5) is 0 Å². The zero-order valence-electron chi connectivity index (χ0n) is 16.9. The third kappa shape index (κ3) is 6.80. The lowest BCUT2D eigenvalue weighted by atomic mass is 10.2. The van der Waals surface area contributed by atoms with Crippen LogP contribution in [0.5, 0.6) is 0 Å². The summed E-state index contributed by atoms with van der Waals surface area (Å²) < 4.78 is 0. The van der Waals surface area contributed by atoms with Gasteiger partial charge < -0.3 is 0 Å². The summed E-state index contributed by atoms with van der Waals surface area (Å²) in [6, 6.07) is 0. The van der Waals surface area contributed by atoms with Crippen LogP contribution in [0.1, 0.15) is 77.0 Å². The normalized spacial score (nSPS) is 18.4. The third-order valence-electron chi connectivity index (χ3n) is 5.48. The van der Waals surface area contributed by atoms with Gasteiger partial charge in [-0.2, -0.15) is 0 Å². The average Bonchev–Trinajstić information content (AvgIpc) is 3.04. The molecule has 0 aromatic heterocycles. The number of amides is 4. The molecule has 2 heterocycles.